The Hall–Kier alpha value is -2.74. The SMILES string of the molecule is O=C(Nc1ccc(CN2CCOCC2)cn1)c1cn[nH]c1-c1ccccc1Cl. The van der Waals surface area contributed by atoms with Crippen molar-refractivity contribution in [3.8, 4) is 11.3 Å². The summed E-state index contributed by atoms with van der Waals surface area (Å²) in [5.41, 5.74) is 2.81. The van der Waals surface area contributed by atoms with Crippen molar-refractivity contribution in [2.75, 3.05) is 31.6 Å². The zero-order valence-corrected chi connectivity index (χ0v) is 15.9. The van der Waals surface area contributed by atoms with Crippen LogP contribution >= 0.6 is 11.6 Å². The van der Waals surface area contributed by atoms with E-state index < -0.39 is 0 Å². The normalized spacial score (nSPS) is 14.8. The Balaban J connectivity index is 1.44. The molecule has 1 aliphatic rings. The number of aromatic nitrogens is 3. The minimum atomic E-state index is -0.294. The van der Waals surface area contributed by atoms with Gasteiger partial charge in [-0.2, -0.15) is 5.10 Å². The fourth-order valence-electron chi connectivity index (χ4n) is 3.12. The Morgan fingerprint density at radius 3 is 2.75 bits per heavy atom. The molecule has 28 heavy (non-hydrogen) atoms. The Morgan fingerprint density at radius 2 is 2.00 bits per heavy atom. The minimum absolute atomic E-state index is 0.294. The van der Waals surface area contributed by atoms with Crippen LogP contribution in [0.5, 0.6) is 0 Å². The first-order valence-electron chi connectivity index (χ1n) is 9.05. The number of H-pyrrole nitrogens is 1. The summed E-state index contributed by atoms with van der Waals surface area (Å²) in [5.74, 6) is 0.194. The van der Waals surface area contributed by atoms with Crippen LogP contribution < -0.4 is 5.32 Å². The molecule has 3 heterocycles. The molecule has 0 bridgehead atoms. The van der Waals surface area contributed by atoms with Gasteiger partial charge < -0.3 is 10.1 Å². The van der Waals surface area contributed by atoms with Crippen LogP contribution in [0, 0.1) is 0 Å². The highest BCUT2D eigenvalue weighted by atomic mass is 35.5. The molecule has 2 aromatic heterocycles. The van der Waals surface area contributed by atoms with Crippen molar-refractivity contribution in [3.63, 3.8) is 0 Å². The topological polar surface area (TPSA) is 83.1 Å². The van der Waals surface area contributed by atoms with E-state index in [-0.39, 0.29) is 5.91 Å². The smallest absolute Gasteiger partial charge is 0.260 e. The Labute approximate surface area is 167 Å². The lowest BCUT2D eigenvalue weighted by Gasteiger charge is -2.26. The number of nitrogens with one attached hydrogen (secondary N) is 2. The van der Waals surface area contributed by atoms with Crippen LogP contribution in [0.15, 0.2) is 48.8 Å². The third kappa shape index (κ3) is 4.22. The van der Waals surface area contributed by atoms with Crippen molar-refractivity contribution in [2.24, 2.45) is 0 Å². The van der Waals surface area contributed by atoms with Crippen LogP contribution in [-0.2, 0) is 11.3 Å². The highest BCUT2D eigenvalue weighted by Gasteiger charge is 2.18. The number of ether oxygens (including phenoxy) is 1. The van der Waals surface area contributed by atoms with E-state index in [9.17, 15) is 4.79 Å². The number of hydrogen-bond acceptors (Lipinski definition) is 5. The molecule has 0 aliphatic carbocycles. The Bertz CT molecular complexity index is 951. The molecule has 4 rings (SSSR count). The first-order chi connectivity index (χ1) is 13.7. The summed E-state index contributed by atoms with van der Waals surface area (Å²) in [4.78, 5) is 19.4. The molecule has 2 N–H and O–H groups in total. The number of pyridine rings is 1. The number of halogens is 1. The van der Waals surface area contributed by atoms with Gasteiger partial charge in [0.05, 0.1) is 30.7 Å². The molecule has 144 valence electrons. The van der Waals surface area contributed by atoms with Gasteiger partial charge in [0.2, 0.25) is 0 Å². The summed E-state index contributed by atoms with van der Waals surface area (Å²) in [6, 6.07) is 11.1. The van der Waals surface area contributed by atoms with E-state index in [4.69, 9.17) is 16.3 Å². The van der Waals surface area contributed by atoms with Gasteiger partial charge in [-0.05, 0) is 17.7 Å². The van der Waals surface area contributed by atoms with Gasteiger partial charge in [-0.25, -0.2) is 4.98 Å². The monoisotopic (exact) mass is 397 g/mol. The number of rotatable bonds is 5. The number of carbonyl (C=O) groups excluding carboxylic acids is 1. The van der Waals surface area contributed by atoms with Gasteiger partial charge >= 0.3 is 0 Å². The zero-order chi connectivity index (χ0) is 19.3. The summed E-state index contributed by atoms with van der Waals surface area (Å²) in [5, 5.41) is 10.2. The van der Waals surface area contributed by atoms with Crippen molar-refractivity contribution in [1.82, 2.24) is 20.1 Å². The van der Waals surface area contributed by atoms with Gasteiger partial charge in [-0.3, -0.25) is 14.8 Å². The molecule has 0 spiro atoms. The van der Waals surface area contributed by atoms with E-state index in [2.05, 4.69) is 25.4 Å². The molecule has 0 saturated carbocycles. The van der Waals surface area contributed by atoms with Crippen LogP contribution in [0.25, 0.3) is 11.3 Å². The van der Waals surface area contributed by atoms with Gasteiger partial charge in [0.1, 0.15) is 5.82 Å². The summed E-state index contributed by atoms with van der Waals surface area (Å²) in [7, 11) is 0. The minimum Gasteiger partial charge on any atom is -0.379 e. The molecule has 1 amide bonds. The average Bonchev–Trinajstić information content (AvgIpc) is 3.20. The predicted octanol–water partition coefficient (Wildman–Crippen LogP) is 3.21. The molecule has 1 saturated heterocycles. The number of amides is 1. The van der Waals surface area contributed by atoms with Gasteiger partial charge in [-0.1, -0.05) is 35.9 Å². The first kappa shape index (κ1) is 18.6. The number of morpholine rings is 1. The van der Waals surface area contributed by atoms with E-state index in [0.717, 1.165) is 44.0 Å². The summed E-state index contributed by atoms with van der Waals surface area (Å²) in [6.45, 7) is 4.19. The van der Waals surface area contributed by atoms with Crippen LogP contribution in [-0.4, -0.2) is 52.3 Å². The number of nitrogens with zero attached hydrogens (tertiary/aromatic N) is 3. The maximum atomic E-state index is 12.7. The molecular formula is C20H20ClN5O2. The van der Waals surface area contributed by atoms with Crippen molar-refractivity contribution in [1.29, 1.82) is 0 Å². The highest BCUT2D eigenvalue weighted by molar-refractivity contribution is 6.33. The molecule has 3 aromatic rings. The maximum Gasteiger partial charge on any atom is 0.260 e. The standard InChI is InChI=1S/C20H20ClN5O2/c21-17-4-2-1-3-15(17)19-16(12-23-25-19)20(27)24-18-6-5-14(11-22-18)13-26-7-9-28-10-8-26/h1-6,11-12H,7-10,13H2,(H,23,25)(H,22,24,27). The zero-order valence-electron chi connectivity index (χ0n) is 15.2. The summed E-state index contributed by atoms with van der Waals surface area (Å²) >= 11 is 6.25. The third-order valence-electron chi connectivity index (χ3n) is 4.60. The lowest BCUT2D eigenvalue weighted by atomic mass is 10.1. The molecule has 8 heteroatoms. The van der Waals surface area contributed by atoms with Crippen LogP contribution in [0.3, 0.4) is 0 Å². The van der Waals surface area contributed by atoms with E-state index in [1.165, 1.54) is 6.20 Å². The number of aromatic amines is 1. The third-order valence-corrected chi connectivity index (χ3v) is 4.93. The van der Waals surface area contributed by atoms with E-state index in [0.29, 0.717) is 22.1 Å². The molecule has 0 radical (unpaired) electrons. The van der Waals surface area contributed by atoms with Gasteiger partial charge in [-0.15, -0.1) is 0 Å². The highest BCUT2D eigenvalue weighted by Crippen LogP contribution is 2.28. The number of carbonyl (C=O) groups is 1. The van der Waals surface area contributed by atoms with Crippen LogP contribution in [0.2, 0.25) is 5.02 Å². The van der Waals surface area contributed by atoms with E-state index in [1.807, 2.05) is 30.3 Å². The van der Waals surface area contributed by atoms with Gasteiger partial charge in [0, 0.05) is 36.4 Å². The van der Waals surface area contributed by atoms with Gasteiger partial charge in [0.15, 0.2) is 0 Å². The lowest BCUT2D eigenvalue weighted by Crippen LogP contribution is -2.35. The largest absolute Gasteiger partial charge is 0.379 e. The Kier molecular flexibility index (Phi) is 5.66. The number of benzene rings is 1. The van der Waals surface area contributed by atoms with Crippen LogP contribution in [0.4, 0.5) is 5.82 Å². The molecule has 0 unspecified atom stereocenters. The number of anilines is 1. The second-order valence-electron chi connectivity index (χ2n) is 6.53. The second-order valence-corrected chi connectivity index (χ2v) is 6.94. The summed E-state index contributed by atoms with van der Waals surface area (Å²) in [6.07, 6.45) is 3.27. The Morgan fingerprint density at radius 1 is 1.18 bits per heavy atom. The van der Waals surface area contributed by atoms with E-state index >= 15 is 0 Å². The quantitative estimate of drug-likeness (QED) is 0.690. The fourth-order valence-corrected chi connectivity index (χ4v) is 3.35. The average molecular weight is 398 g/mol. The lowest BCUT2D eigenvalue weighted by molar-refractivity contribution is 0.0341. The fraction of sp³-hybridized carbons (Fsp3) is 0.250. The van der Waals surface area contributed by atoms with Crippen molar-refractivity contribution in [2.45, 2.75) is 6.54 Å². The first-order valence-corrected chi connectivity index (χ1v) is 9.43. The van der Waals surface area contributed by atoms with Crippen molar-refractivity contribution >= 4 is 23.3 Å². The molecule has 1 aromatic carbocycles. The second kappa shape index (κ2) is 8.52. The molecule has 7 nitrogen and oxygen atoms in total. The predicted molar refractivity (Wildman–Crippen MR) is 107 cm³/mol. The van der Waals surface area contributed by atoms with Gasteiger partial charge in [0.25, 0.3) is 5.91 Å². The van der Waals surface area contributed by atoms with Crippen molar-refractivity contribution in [3.05, 3.63) is 64.9 Å². The number of hydrogen-bond donors (Lipinski definition) is 2. The summed E-state index contributed by atoms with van der Waals surface area (Å²) < 4.78 is 5.36. The molecule has 1 aliphatic heterocycles. The molecular weight excluding hydrogens is 378 g/mol. The molecule has 0 atom stereocenters. The van der Waals surface area contributed by atoms with Crippen LogP contribution in [0.1, 0.15) is 15.9 Å². The maximum absolute atomic E-state index is 12.7. The van der Waals surface area contributed by atoms with E-state index in [1.54, 1.807) is 12.3 Å². The molecule has 1 fully saturated rings. The van der Waals surface area contributed by atoms with Crippen molar-refractivity contribution < 1.29 is 9.53 Å².